The molecule has 0 bridgehead atoms. The lowest BCUT2D eigenvalue weighted by Gasteiger charge is -2.36. The highest BCUT2D eigenvalue weighted by Crippen LogP contribution is 2.37. The molecule has 20 heavy (non-hydrogen) atoms. The number of hydrogen-bond donors (Lipinski definition) is 1. The van der Waals surface area contributed by atoms with Crippen molar-refractivity contribution in [1.82, 2.24) is 5.32 Å². The molecule has 1 fully saturated rings. The highest BCUT2D eigenvalue weighted by atomic mass is 79.9. The fraction of sp³-hybridized carbons (Fsp3) is 0.333. The van der Waals surface area contributed by atoms with E-state index in [0.717, 1.165) is 16.9 Å². The van der Waals surface area contributed by atoms with Gasteiger partial charge in [-0.1, -0.05) is 57.9 Å². The zero-order chi connectivity index (χ0) is 13.9. The molecule has 0 radical (unpaired) electrons. The van der Waals surface area contributed by atoms with Gasteiger partial charge in [0.05, 0.1) is 0 Å². The van der Waals surface area contributed by atoms with Gasteiger partial charge >= 0.3 is 0 Å². The van der Waals surface area contributed by atoms with E-state index < -0.39 is 0 Å². The van der Waals surface area contributed by atoms with Crippen molar-refractivity contribution >= 4 is 15.9 Å². The first-order chi connectivity index (χ1) is 9.70. The Morgan fingerprint density at radius 1 is 1.00 bits per heavy atom. The molecule has 1 nitrogen and oxygen atoms in total. The minimum Gasteiger partial charge on any atom is -0.310 e. The van der Waals surface area contributed by atoms with Gasteiger partial charge in [0.1, 0.15) is 0 Å². The first kappa shape index (κ1) is 13.8. The Labute approximate surface area is 129 Å². The van der Waals surface area contributed by atoms with Gasteiger partial charge in [0, 0.05) is 17.1 Å². The first-order valence-electron chi connectivity index (χ1n) is 7.25. The Hall–Kier alpha value is -1.12. The SMILES string of the molecule is Cc1ccc(CNC2CC(c3ccc(Br)cc3)C2)cc1. The zero-order valence-corrected chi connectivity index (χ0v) is 13.4. The molecule has 0 amide bonds. The summed E-state index contributed by atoms with van der Waals surface area (Å²) in [7, 11) is 0. The van der Waals surface area contributed by atoms with Gasteiger partial charge in [-0.05, 0) is 48.9 Å². The van der Waals surface area contributed by atoms with Gasteiger partial charge in [-0.25, -0.2) is 0 Å². The molecule has 0 unspecified atom stereocenters. The van der Waals surface area contributed by atoms with E-state index in [1.807, 2.05) is 0 Å². The second kappa shape index (κ2) is 6.11. The standard InChI is InChI=1S/C18H20BrN/c1-13-2-4-14(5-3-13)12-20-18-10-16(11-18)15-6-8-17(19)9-7-15/h2-9,16,18,20H,10-12H2,1H3. The molecule has 0 spiro atoms. The van der Waals surface area contributed by atoms with Crippen LogP contribution < -0.4 is 5.32 Å². The van der Waals surface area contributed by atoms with Crippen LogP contribution in [0, 0.1) is 6.92 Å². The number of benzene rings is 2. The molecule has 1 saturated carbocycles. The summed E-state index contributed by atoms with van der Waals surface area (Å²) in [6, 6.07) is 18.2. The normalized spacial score (nSPS) is 21.5. The minimum absolute atomic E-state index is 0.671. The van der Waals surface area contributed by atoms with Crippen LogP contribution >= 0.6 is 15.9 Å². The molecule has 0 aliphatic heterocycles. The highest BCUT2D eigenvalue weighted by Gasteiger charge is 2.29. The van der Waals surface area contributed by atoms with Crippen molar-refractivity contribution in [2.24, 2.45) is 0 Å². The molecule has 1 aliphatic rings. The van der Waals surface area contributed by atoms with E-state index in [9.17, 15) is 0 Å². The van der Waals surface area contributed by atoms with Crippen molar-refractivity contribution in [2.45, 2.75) is 38.3 Å². The van der Waals surface area contributed by atoms with Crippen LogP contribution in [0.3, 0.4) is 0 Å². The van der Waals surface area contributed by atoms with Crippen molar-refractivity contribution in [1.29, 1.82) is 0 Å². The van der Waals surface area contributed by atoms with E-state index in [1.165, 1.54) is 29.5 Å². The lowest BCUT2D eigenvalue weighted by molar-refractivity contribution is 0.289. The fourth-order valence-electron chi connectivity index (χ4n) is 2.76. The molecule has 0 heterocycles. The van der Waals surface area contributed by atoms with Crippen molar-refractivity contribution in [2.75, 3.05) is 0 Å². The van der Waals surface area contributed by atoms with Crippen LogP contribution in [0.2, 0.25) is 0 Å². The molecule has 0 saturated heterocycles. The zero-order valence-electron chi connectivity index (χ0n) is 11.8. The van der Waals surface area contributed by atoms with E-state index in [2.05, 4.69) is 76.7 Å². The monoisotopic (exact) mass is 329 g/mol. The van der Waals surface area contributed by atoms with Crippen molar-refractivity contribution in [3.05, 3.63) is 69.7 Å². The van der Waals surface area contributed by atoms with Gasteiger partial charge in [-0.3, -0.25) is 0 Å². The third kappa shape index (κ3) is 3.31. The predicted octanol–water partition coefficient (Wildman–Crippen LogP) is 4.79. The Balaban J connectivity index is 1.46. The number of nitrogens with one attached hydrogen (secondary N) is 1. The molecule has 2 aromatic carbocycles. The van der Waals surface area contributed by atoms with Crippen LogP contribution in [-0.4, -0.2) is 6.04 Å². The van der Waals surface area contributed by atoms with E-state index in [1.54, 1.807) is 0 Å². The topological polar surface area (TPSA) is 12.0 Å². The van der Waals surface area contributed by atoms with E-state index in [-0.39, 0.29) is 0 Å². The summed E-state index contributed by atoms with van der Waals surface area (Å²) in [5, 5.41) is 3.66. The number of rotatable bonds is 4. The molecular formula is C18H20BrN. The quantitative estimate of drug-likeness (QED) is 0.850. The van der Waals surface area contributed by atoms with Gasteiger partial charge in [0.2, 0.25) is 0 Å². The number of hydrogen-bond acceptors (Lipinski definition) is 1. The largest absolute Gasteiger partial charge is 0.310 e. The van der Waals surface area contributed by atoms with Crippen LogP contribution in [0.15, 0.2) is 53.0 Å². The molecule has 2 heteroatoms. The lowest BCUT2D eigenvalue weighted by Crippen LogP contribution is -2.39. The highest BCUT2D eigenvalue weighted by molar-refractivity contribution is 9.10. The third-order valence-corrected chi connectivity index (χ3v) is 4.72. The summed E-state index contributed by atoms with van der Waals surface area (Å²) in [5.41, 5.74) is 4.18. The minimum atomic E-state index is 0.671. The Morgan fingerprint density at radius 2 is 1.65 bits per heavy atom. The molecule has 104 valence electrons. The van der Waals surface area contributed by atoms with Gasteiger partial charge < -0.3 is 5.32 Å². The summed E-state index contributed by atoms with van der Waals surface area (Å²) in [6.45, 7) is 3.12. The van der Waals surface area contributed by atoms with Gasteiger partial charge in [-0.15, -0.1) is 0 Å². The number of halogens is 1. The van der Waals surface area contributed by atoms with Crippen LogP contribution in [0.1, 0.15) is 35.4 Å². The summed E-state index contributed by atoms with van der Waals surface area (Å²) in [4.78, 5) is 0. The lowest BCUT2D eigenvalue weighted by atomic mass is 9.76. The summed E-state index contributed by atoms with van der Waals surface area (Å²) in [5.74, 6) is 0.735. The van der Waals surface area contributed by atoms with Crippen molar-refractivity contribution in [3.8, 4) is 0 Å². The van der Waals surface area contributed by atoms with E-state index in [4.69, 9.17) is 0 Å². The second-order valence-electron chi connectivity index (χ2n) is 5.78. The summed E-state index contributed by atoms with van der Waals surface area (Å²) < 4.78 is 1.16. The molecule has 2 aromatic rings. The van der Waals surface area contributed by atoms with Gasteiger partial charge in [-0.2, -0.15) is 0 Å². The number of aryl methyl sites for hydroxylation is 1. The third-order valence-electron chi connectivity index (χ3n) is 4.19. The summed E-state index contributed by atoms with van der Waals surface area (Å²) >= 11 is 3.49. The van der Waals surface area contributed by atoms with Crippen LogP contribution in [-0.2, 0) is 6.54 Å². The van der Waals surface area contributed by atoms with E-state index >= 15 is 0 Å². The summed E-state index contributed by atoms with van der Waals surface area (Å²) in [6.07, 6.45) is 2.51. The molecule has 1 aliphatic carbocycles. The Kier molecular flexibility index (Phi) is 4.23. The van der Waals surface area contributed by atoms with Gasteiger partial charge in [0.15, 0.2) is 0 Å². The van der Waals surface area contributed by atoms with Gasteiger partial charge in [0.25, 0.3) is 0 Å². The average Bonchev–Trinajstić information content (AvgIpc) is 2.41. The Bertz CT molecular complexity index is 550. The first-order valence-corrected chi connectivity index (χ1v) is 8.04. The molecule has 0 atom stereocenters. The van der Waals surface area contributed by atoms with Crippen molar-refractivity contribution in [3.63, 3.8) is 0 Å². The maximum absolute atomic E-state index is 3.66. The van der Waals surface area contributed by atoms with Crippen molar-refractivity contribution < 1.29 is 0 Å². The molecule has 3 rings (SSSR count). The predicted molar refractivity (Wildman–Crippen MR) is 87.9 cm³/mol. The molecule has 1 N–H and O–H groups in total. The second-order valence-corrected chi connectivity index (χ2v) is 6.70. The smallest absolute Gasteiger partial charge is 0.0208 e. The average molecular weight is 330 g/mol. The molecule has 0 aromatic heterocycles. The molecular weight excluding hydrogens is 310 g/mol. The van der Waals surface area contributed by atoms with Crippen LogP contribution in [0.4, 0.5) is 0 Å². The maximum atomic E-state index is 3.66. The van der Waals surface area contributed by atoms with E-state index in [0.29, 0.717) is 6.04 Å². The van der Waals surface area contributed by atoms with Crippen LogP contribution in [0.5, 0.6) is 0 Å². The van der Waals surface area contributed by atoms with Crippen LogP contribution in [0.25, 0.3) is 0 Å². The Morgan fingerprint density at radius 3 is 2.30 bits per heavy atom. The maximum Gasteiger partial charge on any atom is 0.0208 e. The fourth-order valence-corrected chi connectivity index (χ4v) is 3.02.